The van der Waals surface area contributed by atoms with Crippen LogP contribution in [0.5, 0.6) is 0 Å². The first-order valence-electron chi connectivity index (χ1n) is 7.73. The molecule has 2 amide bonds. The van der Waals surface area contributed by atoms with Crippen molar-refractivity contribution in [2.45, 2.75) is 37.5 Å². The largest absolute Gasteiger partial charge is 0.366 e. The summed E-state index contributed by atoms with van der Waals surface area (Å²) in [6, 6.07) is 4.29. The van der Waals surface area contributed by atoms with Crippen LogP contribution in [0.2, 0.25) is 5.02 Å². The summed E-state index contributed by atoms with van der Waals surface area (Å²) in [4.78, 5) is 30.5. The number of anilines is 1. The molecule has 3 aliphatic rings. The van der Waals surface area contributed by atoms with Gasteiger partial charge in [0.1, 0.15) is 0 Å². The molecule has 2 N–H and O–H groups in total. The van der Waals surface area contributed by atoms with E-state index in [4.69, 9.17) is 28.6 Å². The van der Waals surface area contributed by atoms with Crippen LogP contribution in [0.3, 0.4) is 0 Å². The minimum atomic E-state index is -0.832. The molecular formula is C17H16ClN3O3. The lowest BCUT2D eigenvalue weighted by Crippen LogP contribution is -2.53. The molecule has 0 aromatic heterocycles. The minimum Gasteiger partial charge on any atom is -0.366 e. The molecule has 3 fully saturated rings. The second kappa shape index (κ2) is 4.57. The van der Waals surface area contributed by atoms with Gasteiger partial charge in [0.2, 0.25) is 17.5 Å². The topological polar surface area (TPSA) is 77.0 Å². The van der Waals surface area contributed by atoms with Gasteiger partial charge < -0.3 is 10.5 Å². The third kappa shape index (κ3) is 1.67. The fourth-order valence-electron chi connectivity index (χ4n) is 4.59. The molecule has 0 aliphatic carbocycles. The molecular weight excluding hydrogens is 330 g/mol. The predicted molar refractivity (Wildman–Crippen MR) is 87.7 cm³/mol. The molecule has 0 radical (unpaired) electrons. The van der Waals surface area contributed by atoms with E-state index in [1.54, 1.807) is 6.07 Å². The van der Waals surface area contributed by atoms with Crippen LogP contribution < -0.4 is 10.6 Å². The maximum Gasteiger partial charge on any atom is 0.240 e. The van der Waals surface area contributed by atoms with Crippen molar-refractivity contribution in [1.82, 2.24) is 0 Å². The highest BCUT2D eigenvalue weighted by Crippen LogP contribution is 2.60. The van der Waals surface area contributed by atoms with E-state index in [1.807, 2.05) is 13.8 Å². The van der Waals surface area contributed by atoms with E-state index in [1.165, 1.54) is 17.0 Å². The number of carbonyl (C=O) groups is 2. The van der Waals surface area contributed by atoms with E-state index < -0.39 is 23.0 Å². The van der Waals surface area contributed by atoms with E-state index in [0.717, 1.165) is 0 Å². The average molecular weight is 346 g/mol. The zero-order valence-corrected chi connectivity index (χ0v) is 14.0. The van der Waals surface area contributed by atoms with Crippen molar-refractivity contribution in [2.24, 2.45) is 17.6 Å². The quantitative estimate of drug-likeness (QED) is 0.625. The summed E-state index contributed by atoms with van der Waals surface area (Å²) in [5.41, 5.74) is 5.30. The third-order valence-electron chi connectivity index (χ3n) is 5.71. The number of halogens is 1. The van der Waals surface area contributed by atoms with Crippen molar-refractivity contribution in [1.29, 1.82) is 0 Å². The van der Waals surface area contributed by atoms with Gasteiger partial charge in [-0.15, -0.1) is 0 Å². The summed E-state index contributed by atoms with van der Waals surface area (Å²) < 4.78 is 6.05. The minimum absolute atomic E-state index is 0.216. The molecule has 124 valence electrons. The number of fused-ring (bicyclic) bond motifs is 5. The monoisotopic (exact) mass is 345 g/mol. The Balaban J connectivity index is 1.79. The Morgan fingerprint density at radius 3 is 2.62 bits per heavy atom. The average Bonchev–Trinajstić information content (AvgIpc) is 3.01. The molecule has 1 aromatic carbocycles. The SMILES string of the molecule is [C-]#[N+]c1ccc(N2C(=O)[C@@H]3[C@H](C2=O)[C@@]2(C)C[C@@H](N)[C@]3(C)O2)cc1Cl. The van der Waals surface area contributed by atoms with Gasteiger partial charge in [-0.3, -0.25) is 9.59 Å². The summed E-state index contributed by atoms with van der Waals surface area (Å²) >= 11 is 6.06. The second-order valence-electron chi connectivity index (χ2n) is 7.12. The van der Waals surface area contributed by atoms with Gasteiger partial charge in [-0.2, -0.15) is 0 Å². The van der Waals surface area contributed by atoms with Crippen LogP contribution in [0.15, 0.2) is 18.2 Å². The Hall–Kier alpha value is -1.94. The first kappa shape index (κ1) is 15.6. The van der Waals surface area contributed by atoms with Gasteiger partial charge in [0.05, 0.1) is 35.3 Å². The van der Waals surface area contributed by atoms with Crippen LogP contribution >= 0.6 is 11.6 Å². The number of benzene rings is 1. The number of hydrogen-bond acceptors (Lipinski definition) is 4. The summed E-state index contributed by atoms with van der Waals surface area (Å²) in [5, 5.41) is 0.216. The van der Waals surface area contributed by atoms with E-state index in [2.05, 4.69) is 4.85 Å². The van der Waals surface area contributed by atoms with Crippen molar-refractivity contribution < 1.29 is 14.3 Å². The van der Waals surface area contributed by atoms with Crippen LogP contribution in [0, 0.1) is 18.4 Å². The number of nitrogens with two attached hydrogens (primary N) is 1. The summed E-state index contributed by atoms with van der Waals surface area (Å²) in [5.74, 6) is -1.71. The van der Waals surface area contributed by atoms with Gasteiger partial charge in [0.25, 0.3) is 0 Å². The molecule has 7 heteroatoms. The van der Waals surface area contributed by atoms with Gasteiger partial charge in [-0.1, -0.05) is 17.7 Å². The lowest BCUT2D eigenvalue weighted by Gasteiger charge is -2.32. The number of ether oxygens (including phenoxy) is 1. The number of nitrogens with zero attached hydrogens (tertiary/aromatic N) is 2. The molecule has 0 saturated carbocycles. The van der Waals surface area contributed by atoms with Gasteiger partial charge in [-0.25, -0.2) is 9.74 Å². The number of hydrogen-bond donors (Lipinski definition) is 1. The first-order chi connectivity index (χ1) is 11.2. The van der Waals surface area contributed by atoms with E-state index in [-0.39, 0.29) is 28.6 Å². The smallest absolute Gasteiger partial charge is 0.240 e. The van der Waals surface area contributed by atoms with Crippen molar-refractivity contribution in [3.63, 3.8) is 0 Å². The Morgan fingerprint density at radius 1 is 1.33 bits per heavy atom. The zero-order valence-electron chi connectivity index (χ0n) is 13.2. The first-order valence-corrected chi connectivity index (χ1v) is 8.11. The zero-order chi connectivity index (χ0) is 17.4. The molecule has 6 nitrogen and oxygen atoms in total. The van der Waals surface area contributed by atoms with Gasteiger partial charge in [0, 0.05) is 11.1 Å². The Labute approximate surface area is 144 Å². The van der Waals surface area contributed by atoms with Gasteiger partial charge >= 0.3 is 0 Å². The van der Waals surface area contributed by atoms with E-state index in [9.17, 15) is 9.59 Å². The van der Waals surface area contributed by atoms with Crippen molar-refractivity contribution >= 4 is 34.8 Å². The van der Waals surface area contributed by atoms with Crippen LogP contribution in [0.4, 0.5) is 11.4 Å². The molecule has 0 unspecified atom stereocenters. The molecule has 5 atom stereocenters. The van der Waals surface area contributed by atoms with Gasteiger partial charge in [-0.05, 0) is 32.4 Å². The third-order valence-corrected chi connectivity index (χ3v) is 6.01. The van der Waals surface area contributed by atoms with E-state index in [0.29, 0.717) is 12.1 Å². The molecule has 2 bridgehead atoms. The molecule has 3 aliphatic heterocycles. The summed E-state index contributed by atoms with van der Waals surface area (Å²) in [6.45, 7) is 10.7. The van der Waals surface area contributed by atoms with Crippen LogP contribution in [-0.4, -0.2) is 29.1 Å². The standard InChI is InChI=1S/C17H16ClN3O3/c1-16-7-11(19)17(2,24-16)13-12(16)14(22)21(15(13)23)8-4-5-10(20-3)9(18)6-8/h4-6,11-13H,7,19H2,1-2H3/t11-,12-,13+,16-,17+/m1/s1. The number of imide groups is 1. The van der Waals surface area contributed by atoms with Gasteiger partial charge in [0.15, 0.2) is 0 Å². The summed E-state index contributed by atoms with van der Waals surface area (Å²) in [7, 11) is 0. The lowest BCUT2D eigenvalue weighted by molar-refractivity contribution is -0.129. The highest BCUT2D eigenvalue weighted by Gasteiger charge is 2.75. The molecule has 3 saturated heterocycles. The number of carbonyl (C=O) groups excluding carboxylic acids is 2. The van der Waals surface area contributed by atoms with E-state index >= 15 is 0 Å². The highest BCUT2D eigenvalue weighted by molar-refractivity contribution is 6.34. The lowest BCUT2D eigenvalue weighted by atomic mass is 9.67. The molecule has 4 rings (SSSR count). The molecule has 24 heavy (non-hydrogen) atoms. The maximum atomic E-state index is 13.0. The van der Waals surface area contributed by atoms with Crippen molar-refractivity contribution in [2.75, 3.05) is 4.90 Å². The number of amides is 2. The fraction of sp³-hybridized carbons (Fsp3) is 0.471. The van der Waals surface area contributed by atoms with Crippen LogP contribution in [0.1, 0.15) is 20.3 Å². The van der Waals surface area contributed by atoms with Crippen molar-refractivity contribution in [3.05, 3.63) is 34.6 Å². The Bertz CT molecular complexity index is 835. The fourth-order valence-corrected chi connectivity index (χ4v) is 4.80. The maximum absolute atomic E-state index is 13.0. The Morgan fingerprint density at radius 2 is 2.00 bits per heavy atom. The second-order valence-corrected chi connectivity index (χ2v) is 7.53. The van der Waals surface area contributed by atoms with Crippen LogP contribution in [-0.2, 0) is 14.3 Å². The molecule has 1 aromatic rings. The van der Waals surface area contributed by atoms with Crippen LogP contribution in [0.25, 0.3) is 4.85 Å². The Kier molecular flexibility index (Phi) is 2.97. The summed E-state index contributed by atoms with van der Waals surface area (Å²) in [6.07, 6.45) is 0.551. The molecule has 0 spiro atoms. The molecule has 3 heterocycles. The normalized spacial score (nSPS) is 40.1. The predicted octanol–water partition coefficient (Wildman–Crippen LogP) is 2.27. The van der Waals surface area contributed by atoms with Crippen molar-refractivity contribution in [3.8, 4) is 0 Å². The highest BCUT2D eigenvalue weighted by atomic mass is 35.5. The number of rotatable bonds is 1.